The number of carbonyl (C=O) groups excluding carboxylic acids is 2. The van der Waals surface area contributed by atoms with Crippen molar-refractivity contribution in [1.29, 1.82) is 0 Å². The predicted molar refractivity (Wildman–Crippen MR) is 89.2 cm³/mol. The van der Waals surface area contributed by atoms with E-state index in [2.05, 4.69) is 4.98 Å². The minimum Gasteiger partial charge on any atom is -0.461 e. The smallest absolute Gasteiger partial charge is 0.312 e. The van der Waals surface area contributed by atoms with Crippen molar-refractivity contribution < 1.29 is 14.3 Å². The molecule has 1 unspecified atom stereocenters. The van der Waals surface area contributed by atoms with Crippen LogP contribution in [-0.2, 0) is 20.7 Å². The highest BCUT2D eigenvalue weighted by Gasteiger charge is 2.50. The Bertz CT molecular complexity index is 595. The second kappa shape index (κ2) is 6.89. The van der Waals surface area contributed by atoms with E-state index in [0.29, 0.717) is 32.4 Å². The zero-order chi connectivity index (χ0) is 17.2. The number of rotatable bonds is 4. The largest absolute Gasteiger partial charge is 0.461 e. The van der Waals surface area contributed by atoms with Gasteiger partial charge in [-0.1, -0.05) is 6.07 Å². The van der Waals surface area contributed by atoms with Crippen molar-refractivity contribution in [2.75, 3.05) is 33.7 Å². The average Bonchev–Trinajstić information content (AvgIpc) is 2.83. The fraction of sp³-hybridized carbons (Fsp3) is 0.611. The van der Waals surface area contributed by atoms with Gasteiger partial charge in [-0.3, -0.25) is 14.6 Å². The van der Waals surface area contributed by atoms with Gasteiger partial charge in [-0.05, 0) is 39.1 Å². The zero-order valence-corrected chi connectivity index (χ0v) is 14.4. The van der Waals surface area contributed by atoms with Crippen LogP contribution in [0.4, 0.5) is 0 Å². The molecule has 0 aromatic carbocycles. The molecule has 6 nitrogen and oxygen atoms in total. The fourth-order valence-corrected chi connectivity index (χ4v) is 3.71. The number of aromatic nitrogens is 1. The van der Waals surface area contributed by atoms with Crippen molar-refractivity contribution in [2.24, 2.45) is 5.41 Å². The average molecular weight is 331 g/mol. The Kier molecular flexibility index (Phi) is 4.85. The molecule has 1 spiro atoms. The Labute approximate surface area is 142 Å². The summed E-state index contributed by atoms with van der Waals surface area (Å²) in [7, 11) is 3.97. The van der Waals surface area contributed by atoms with E-state index >= 15 is 0 Å². The highest BCUT2D eigenvalue weighted by molar-refractivity contribution is 5.81. The Morgan fingerprint density at radius 1 is 1.38 bits per heavy atom. The number of likely N-dealkylation sites (N-methyl/N-ethyl adjacent to an activating group) is 1. The van der Waals surface area contributed by atoms with E-state index in [1.807, 2.05) is 42.1 Å². The fourth-order valence-electron chi connectivity index (χ4n) is 3.71. The van der Waals surface area contributed by atoms with Crippen LogP contribution < -0.4 is 0 Å². The number of cyclic esters (lactones) is 1. The molecule has 24 heavy (non-hydrogen) atoms. The molecule has 0 aliphatic carbocycles. The molecule has 2 saturated heterocycles. The van der Waals surface area contributed by atoms with E-state index in [9.17, 15) is 9.59 Å². The first kappa shape index (κ1) is 16.9. The van der Waals surface area contributed by atoms with Gasteiger partial charge in [-0.15, -0.1) is 0 Å². The van der Waals surface area contributed by atoms with Crippen LogP contribution in [0.3, 0.4) is 0 Å². The third-order valence-electron chi connectivity index (χ3n) is 5.03. The summed E-state index contributed by atoms with van der Waals surface area (Å²) in [6.45, 7) is 2.00. The zero-order valence-electron chi connectivity index (χ0n) is 14.4. The summed E-state index contributed by atoms with van der Waals surface area (Å²) in [6, 6.07) is 5.60. The highest BCUT2D eigenvalue weighted by atomic mass is 16.6. The molecule has 6 heteroatoms. The number of piperidine rings is 1. The number of pyridine rings is 1. The number of ether oxygens (including phenoxy) is 1. The first-order valence-corrected chi connectivity index (χ1v) is 8.52. The summed E-state index contributed by atoms with van der Waals surface area (Å²) >= 11 is 0. The minimum atomic E-state index is -0.386. The molecule has 0 saturated carbocycles. The van der Waals surface area contributed by atoms with E-state index in [4.69, 9.17) is 4.74 Å². The number of carbonyl (C=O) groups is 2. The molecule has 0 radical (unpaired) electrons. The Hall–Kier alpha value is -1.95. The third-order valence-corrected chi connectivity index (χ3v) is 5.03. The van der Waals surface area contributed by atoms with Gasteiger partial charge >= 0.3 is 5.97 Å². The van der Waals surface area contributed by atoms with Gasteiger partial charge in [0.25, 0.3) is 0 Å². The maximum Gasteiger partial charge on any atom is 0.312 e. The lowest BCUT2D eigenvalue weighted by Gasteiger charge is -2.36. The topological polar surface area (TPSA) is 62.7 Å². The number of esters is 1. The molecule has 3 heterocycles. The van der Waals surface area contributed by atoms with Crippen LogP contribution in [0.5, 0.6) is 0 Å². The summed E-state index contributed by atoms with van der Waals surface area (Å²) in [5, 5.41) is 0. The number of hydrogen-bond acceptors (Lipinski definition) is 5. The van der Waals surface area contributed by atoms with Gasteiger partial charge in [0.15, 0.2) is 0 Å². The second-order valence-corrected chi connectivity index (χ2v) is 7.15. The molecule has 0 bridgehead atoms. The molecular weight excluding hydrogens is 306 g/mol. The molecule has 2 aliphatic heterocycles. The van der Waals surface area contributed by atoms with Crippen LogP contribution in [0.1, 0.15) is 25.0 Å². The van der Waals surface area contributed by atoms with Crippen LogP contribution >= 0.6 is 0 Å². The summed E-state index contributed by atoms with van der Waals surface area (Å²) < 4.78 is 5.56. The highest BCUT2D eigenvalue weighted by Crippen LogP contribution is 2.43. The third kappa shape index (κ3) is 3.59. The summed E-state index contributed by atoms with van der Waals surface area (Å²) in [5.74, 6) is 0.00549. The van der Waals surface area contributed by atoms with Crippen LogP contribution in [0, 0.1) is 5.41 Å². The standard InChI is InChI=1S/C18H25N3O3/c1-20(2)13-15-12-18(17(23)24-15)6-9-21(10-7-18)16(22)11-14-5-3-4-8-19-14/h3-5,8,15H,6-7,9-13H2,1-2H3. The summed E-state index contributed by atoms with van der Waals surface area (Å²) in [6.07, 6.45) is 4.16. The maximum atomic E-state index is 12.4. The van der Waals surface area contributed by atoms with Gasteiger partial charge in [-0.25, -0.2) is 0 Å². The Morgan fingerprint density at radius 3 is 2.75 bits per heavy atom. The molecule has 1 atom stereocenters. The van der Waals surface area contributed by atoms with E-state index in [1.165, 1.54) is 0 Å². The molecule has 130 valence electrons. The van der Waals surface area contributed by atoms with Gasteiger partial charge < -0.3 is 14.5 Å². The quantitative estimate of drug-likeness (QED) is 0.774. The van der Waals surface area contributed by atoms with Gasteiger partial charge in [0.05, 0.1) is 11.8 Å². The van der Waals surface area contributed by atoms with Crippen molar-refractivity contribution in [3.05, 3.63) is 30.1 Å². The lowest BCUT2D eigenvalue weighted by molar-refractivity contribution is -0.152. The minimum absolute atomic E-state index is 0.0247. The number of nitrogens with zero attached hydrogens (tertiary/aromatic N) is 3. The summed E-state index contributed by atoms with van der Waals surface area (Å²) in [4.78, 5) is 32.9. The number of hydrogen-bond donors (Lipinski definition) is 0. The Morgan fingerprint density at radius 2 is 2.12 bits per heavy atom. The van der Waals surface area contributed by atoms with Crippen LogP contribution in [-0.4, -0.2) is 66.5 Å². The van der Waals surface area contributed by atoms with Crippen molar-refractivity contribution in [3.8, 4) is 0 Å². The molecular formula is C18H25N3O3. The van der Waals surface area contributed by atoms with Gasteiger partial charge in [0.1, 0.15) is 6.10 Å². The van der Waals surface area contributed by atoms with Crippen molar-refractivity contribution >= 4 is 11.9 Å². The van der Waals surface area contributed by atoms with Crippen molar-refractivity contribution in [3.63, 3.8) is 0 Å². The first-order valence-electron chi connectivity index (χ1n) is 8.52. The predicted octanol–water partition coefficient (Wildman–Crippen LogP) is 1.11. The molecule has 1 aromatic heterocycles. The van der Waals surface area contributed by atoms with Crippen LogP contribution in [0.15, 0.2) is 24.4 Å². The van der Waals surface area contributed by atoms with Crippen LogP contribution in [0.2, 0.25) is 0 Å². The molecule has 1 aromatic rings. The molecule has 2 aliphatic rings. The van der Waals surface area contributed by atoms with Crippen molar-refractivity contribution in [2.45, 2.75) is 31.8 Å². The second-order valence-electron chi connectivity index (χ2n) is 7.15. The molecule has 3 rings (SSSR count). The lowest BCUT2D eigenvalue weighted by atomic mass is 9.76. The van der Waals surface area contributed by atoms with Crippen molar-refractivity contribution in [1.82, 2.24) is 14.8 Å². The molecule has 2 fully saturated rings. The van der Waals surface area contributed by atoms with E-state index < -0.39 is 0 Å². The van der Waals surface area contributed by atoms with E-state index in [0.717, 1.165) is 18.7 Å². The normalized spacial score (nSPS) is 22.9. The van der Waals surface area contributed by atoms with E-state index in [-0.39, 0.29) is 23.4 Å². The van der Waals surface area contributed by atoms with Gasteiger partial charge in [-0.2, -0.15) is 0 Å². The number of amides is 1. The van der Waals surface area contributed by atoms with E-state index in [1.54, 1.807) is 6.20 Å². The first-order chi connectivity index (χ1) is 11.5. The maximum absolute atomic E-state index is 12.4. The SMILES string of the molecule is CN(C)CC1CC2(CCN(C(=O)Cc3ccccn3)CC2)C(=O)O1. The van der Waals surface area contributed by atoms with Gasteiger partial charge in [0.2, 0.25) is 5.91 Å². The molecule has 0 N–H and O–H groups in total. The van der Waals surface area contributed by atoms with Crippen LogP contribution in [0.25, 0.3) is 0 Å². The lowest BCUT2D eigenvalue weighted by Crippen LogP contribution is -2.45. The Balaban J connectivity index is 1.55. The van der Waals surface area contributed by atoms with Gasteiger partial charge in [0, 0.05) is 37.9 Å². The number of likely N-dealkylation sites (tertiary alicyclic amines) is 1. The monoisotopic (exact) mass is 331 g/mol. The summed E-state index contributed by atoms with van der Waals surface area (Å²) in [5.41, 5.74) is 0.400. The molecule has 1 amide bonds.